The van der Waals surface area contributed by atoms with Crippen LogP contribution in [0, 0.1) is 0 Å². The number of aromatic amines is 1. The second-order valence-electron chi connectivity index (χ2n) is 8.69. The number of aliphatic hydroxyl groups is 2. The van der Waals surface area contributed by atoms with Crippen molar-refractivity contribution in [3.05, 3.63) is 62.9 Å². The largest absolute Gasteiger partial charge is 0.387 e. The molecule has 5 N–H and O–H groups in total. The molecule has 3 rings (SSSR count). The second kappa shape index (κ2) is 13.8. The van der Waals surface area contributed by atoms with Gasteiger partial charge in [-0.15, -0.1) is 0 Å². The highest BCUT2D eigenvalue weighted by molar-refractivity contribution is 7.53. The Labute approximate surface area is 223 Å². The molecule has 214 valence electrons. The molecule has 2 aromatic rings. The van der Waals surface area contributed by atoms with E-state index in [0.717, 1.165) is 22.4 Å². The van der Waals surface area contributed by atoms with Crippen LogP contribution in [-0.2, 0) is 34.1 Å². The minimum atomic E-state index is -3.24. The summed E-state index contributed by atoms with van der Waals surface area (Å²) < 4.78 is 29.5. The summed E-state index contributed by atoms with van der Waals surface area (Å²) in [6.45, 7) is 4.09. The molecule has 1 aliphatic heterocycles. The van der Waals surface area contributed by atoms with Crippen molar-refractivity contribution in [3.63, 3.8) is 0 Å². The SMILES string of the molecule is CCOP(=O)(Cc1ccc(NC(=O)CCCNC(=O)[C@H]2O[C@@H](n3ccc(=O)[nH]c3=O)[C@@H](O)[C@H]2O)cc1)OCC. The molecule has 1 saturated heterocycles. The monoisotopic (exact) mass is 568 g/mol. The third-order valence-electron chi connectivity index (χ3n) is 5.77. The van der Waals surface area contributed by atoms with E-state index < -0.39 is 49.3 Å². The lowest BCUT2D eigenvalue weighted by Crippen LogP contribution is -2.43. The van der Waals surface area contributed by atoms with Gasteiger partial charge in [0.05, 0.1) is 19.4 Å². The average molecular weight is 569 g/mol. The Kier molecular flexibility index (Phi) is 10.7. The van der Waals surface area contributed by atoms with Crippen molar-refractivity contribution < 1.29 is 38.2 Å². The number of nitrogens with one attached hydrogen (secondary N) is 3. The summed E-state index contributed by atoms with van der Waals surface area (Å²) in [5.41, 5.74) is -0.242. The molecule has 15 heteroatoms. The molecule has 1 fully saturated rings. The van der Waals surface area contributed by atoms with Crippen LogP contribution in [0.1, 0.15) is 38.5 Å². The van der Waals surface area contributed by atoms with Gasteiger partial charge in [-0.05, 0) is 38.0 Å². The fraction of sp³-hybridized carbons (Fsp3) is 0.500. The summed E-state index contributed by atoms with van der Waals surface area (Å²) in [7, 11) is -3.24. The molecule has 1 aromatic carbocycles. The first-order valence-electron chi connectivity index (χ1n) is 12.4. The maximum atomic E-state index is 12.7. The molecule has 2 heterocycles. The molecular formula is C24H33N4O10P. The molecule has 14 nitrogen and oxygen atoms in total. The molecule has 0 bridgehead atoms. The average Bonchev–Trinajstić information content (AvgIpc) is 3.17. The minimum absolute atomic E-state index is 0.0814. The number of rotatable bonds is 13. The molecule has 0 saturated carbocycles. The van der Waals surface area contributed by atoms with Crippen molar-refractivity contribution in [2.75, 3.05) is 25.1 Å². The maximum absolute atomic E-state index is 12.7. The number of carbonyl (C=O) groups is 2. The van der Waals surface area contributed by atoms with Crippen LogP contribution >= 0.6 is 7.60 Å². The first-order valence-corrected chi connectivity index (χ1v) is 14.2. The number of H-pyrrole nitrogens is 1. The highest BCUT2D eigenvalue weighted by Gasteiger charge is 2.47. The van der Waals surface area contributed by atoms with Crippen LogP contribution in [0.2, 0.25) is 0 Å². The fourth-order valence-corrected chi connectivity index (χ4v) is 5.66. The maximum Gasteiger partial charge on any atom is 0.335 e. The Morgan fingerprint density at radius 3 is 2.36 bits per heavy atom. The van der Waals surface area contributed by atoms with Crippen molar-refractivity contribution in [1.29, 1.82) is 0 Å². The highest BCUT2D eigenvalue weighted by atomic mass is 31.2. The predicted molar refractivity (Wildman–Crippen MR) is 139 cm³/mol. The van der Waals surface area contributed by atoms with E-state index in [-0.39, 0.29) is 44.7 Å². The van der Waals surface area contributed by atoms with E-state index in [1.54, 1.807) is 38.1 Å². The molecule has 39 heavy (non-hydrogen) atoms. The number of benzene rings is 1. The van der Waals surface area contributed by atoms with Crippen LogP contribution in [-0.4, -0.2) is 69.6 Å². The number of amides is 2. The molecule has 4 atom stereocenters. The number of ether oxygens (including phenoxy) is 1. The quantitative estimate of drug-likeness (QED) is 0.167. The molecule has 0 spiro atoms. The van der Waals surface area contributed by atoms with Crippen LogP contribution in [0.5, 0.6) is 0 Å². The normalized spacial score (nSPS) is 21.0. The number of carbonyl (C=O) groups excluding carboxylic acids is 2. The van der Waals surface area contributed by atoms with Gasteiger partial charge >= 0.3 is 13.3 Å². The number of nitrogens with zero attached hydrogens (tertiary/aromatic N) is 1. The van der Waals surface area contributed by atoms with Crippen LogP contribution < -0.4 is 21.9 Å². The van der Waals surface area contributed by atoms with Crippen LogP contribution in [0.25, 0.3) is 0 Å². The standard InChI is InChI=1S/C24H33N4O10P/c1-3-36-39(35,37-4-2)14-15-7-9-16(10-8-15)26-17(29)6-5-12-25-22(33)21-19(31)20(32)23(38-21)28-13-11-18(30)27-24(28)34/h7-11,13,19-21,23,31-32H,3-6,12,14H2,1-2H3,(H,25,33)(H,26,29)(H,27,30,34)/t19-,20+,21+,23-/m1/s1. The lowest BCUT2D eigenvalue weighted by atomic mass is 10.1. The number of hydrogen-bond donors (Lipinski definition) is 5. The molecule has 1 aliphatic rings. The summed E-state index contributed by atoms with van der Waals surface area (Å²) >= 11 is 0. The van der Waals surface area contributed by atoms with E-state index in [4.69, 9.17) is 13.8 Å². The van der Waals surface area contributed by atoms with Crippen molar-refractivity contribution >= 4 is 25.1 Å². The summed E-state index contributed by atoms with van der Waals surface area (Å²) in [6.07, 6.45) is -4.48. The van der Waals surface area contributed by atoms with Gasteiger partial charge in [-0.1, -0.05) is 12.1 Å². The minimum Gasteiger partial charge on any atom is -0.387 e. The van der Waals surface area contributed by atoms with E-state index in [1.165, 1.54) is 0 Å². The second-order valence-corrected chi connectivity index (χ2v) is 10.7. The first kappa shape index (κ1) is 30.4. The van der Waals surface area contributed by atoms with E-state index in [2.05, 4.69) is 10.6 Å². The topological polar surface area (TPSA) is 198 Å². The van der Waals surface area contributed by atoms with Crippen molar-refractivity contribution in [2.45, 2.75) is 57.4 Å². The summed E-state index contributed by atoms with van der Waals surface area (Å²) in [6, 6.07) is 7.82. The first-order chi connectivity index (χ1) is 18.6. The van der Waals surface area contributed by atoms with Crippen LogP contribution in [0.3, 0.4) is 0 Å². The van der Waals surface area contributed by atoms with Crippen molar-refractivity contribution in [2.24, 2.45) is 0 Å². The predicted octanol–water partition coefficient (Wildman–Crippen LogP) is 0.457. The van der Waals surface area contributed by atoms with Gasteiger partial charge < -0.3 is 34.6 Å². The van der Waals surface area contributed by atoms with Gasteiger partial charge in [-0.25, -0.2) is 4.79 Å². The summed E-state index contributed by atoms with van der Waals surface area (Å²) in [5, 5.41) is 25.7. The zero-order chi connectivity index (χ0) is 28.6. The van der Waals surface area contributed by atoms with E-state index in [9.17, 15) is 34.0 Å². The molecule has 2 amide bonds. The van der Waals surface area contributed by atoms with Gasteiger partial charge in [0.1, 0.15) is 12.2 Å². The Morgan fingerprint density at radius 2 is 1.74 bits per heavy atom. The lowest BCUT2D eigenvalue weighted by Gasteiger charge is -2.17. The zero-order valence-electron chi connectivity index (χ0n) is 21.6. The highest BCUT2D eigenvalue weighted by Crippen LogP contribution is 2.51. The van der Waals surface area contributed by atoms with Gasteiger partial charge in [0, 0.05) is 30.9 Å². The number of hydrogen-bond acceptors (Lipinski definition) is 10. The van der Waals surface area contributed by atoms with E-state index >= 15 is 0 Å². The van der Waals surface area contributed by atoms with E-state index in [0.29, 0.717) is 5.69 Å². The lowest BCUT2D eigenvalue weighted by molar-refractivity contribution is -0.138. The fourth-order valence-electron chi connectivity index (χ4n) is 3.96. The van der Waals surface area contributed by atoms with Gasteiger partial charge in [0.25, 0.3) is 11.5 Å². The molecule has 1 aromatic heterocycles. The van der Waals surface area contributed by atoms with E-state index in [1.807, 2.05) is 4.98 Å². The zero-order valence-corrected chi connectivity index (χ0v) is 22.5. The molecule has 0 aliphatic carbocycles. The Hall–Kier alpha value is -3.13. The Bertz CT molecular complexity index is 1280. The third kappa shape index (κ3) is 8.18. The number of aromatic nitrogens is 2. The van der Waals surface area contributed by atoms with Gasteiger partial charge in [-0.3, -0.25) is 28.5 Å². The smallest absolute Gasteiger partial charge is 0.335 e. The summed E-state index contributed by atoms with van der Waals surface area (Å²) in [5.74, 6) is -1.02. The Morgan fingerprint density at radius 1 is 1.08 bits per heavy atom. The van der Waals surface area contributed by atoms with Crippen LogP contribution in [0.15, 0.2) is 46.1 Å². The molecular weight excluding hydrogens is 535 g/mol. The summed E-state index contributed by atoms with van der Waals surface area (Å²) in [4.78, 5) is 50.0. The van der Waals surface area contributed by atoms with Crippen molar-refractivity contribution in [1.82, 2.24) is 14.9 Å². The third-order valence-corrected chi connectivity index (χ3v) is 7.82. The van der Waals surface area contributed by atoms with Crippen molar-refractivity contribution in [3.8, 4) is 0 Å². The van der Waals surface area contributed by atoms with Gasteiger partial charge in [0.2, 0.25) is 5.91 Å². The number of aliphatic hydroxyl groups excluding tert-OH is 2. The van der Waals surface area contributed by atoms with Gasteiger partial charge in [0.15, 0.2) is 12.3 Å². The molecule has 0 radical (unpaired) electrons. The van der Waals surface area contributed by atoms with Gasteiger partial charge in [-0.2, -0.15) is 0 Å². The molecule has 0 unspecified atom stereocenters. The number of anilines is 1. The van der Waals surface area contributed by atoms with Crippen LogP contribution in [0.4, 0.5) is 5.69 Å². The Balaban J connectivity index is 1.43.